The SMILES string of the molecule is C=CC(=O)Nc1cccc(S(=O)(=O)N2CCNC(=O)C2)c1. The third-order valence-corrected chi connectivity index (χ3v) is 4.77. The molecule has 0 saturated carbocycles. The van der Waals surface area contributed by atoms with E-state index < -0.39 is 15.9 Å². The standard InChI is InChI=1S/C13H15N3O4S/c1-2-12(17)15-10-4-3-5-11(8-10)21(19,20)16-7-6-14-13(18)9-16/h2-5,8H,1,6-7,9H2,(H,14,18)(H,15,17). The maximum Gasteiger partial charge on any atom is 0.247 e. The van der Waals surface area contributed by atoms with Gasteiger partial charge >= 0.3 is 0 Å². The Bertz CT molecular complexity index is 684. The lowest BCUT2D eigenvalue weighted by molar-refractivity contribution is -0.122. The Morgan fingerprint density at radius 1 is 1.43 bits per heavy atom. The molecule has 1 aliphatic heterocycles. The summed E-state index contributed by atoms with van der Waals surface area (Å²) in [6, 6.07) is 5.87. The molecule has 8 heteroatoms. The maximum atomic E-state index is 12.5. The number of benzene rings is 1. The fourth-order valence-corrected chi connectivity index (χ4v) is 3.34. The number of carbonyl (C=O) groups is 2. The van der Waals surface area contributed by atoms with E-state index in [0.717, 1.165) is 10.4 Å². The van der Waals surface area contributed by atoms with E-state index in [2.05, 4.69) is 17.2 Å². The van der Waals surface area contributed by atoms with Crippen LogP contribution in [-0.4, -0.2) is 44.2 Å². The first kappa shape index (κ1) is 15.2. The summed E-state index contributed by atoms with van der Waals surface area (Å²) in [4.78, 5) is 22.6. The minimum Gasteiger partial charge on any atom is -0.354 e. The summed E-state index contributed by atoms with van der Waals surface area (Å²) in [6.07, 6.45) is 1.09. The number of piperazine rings is 1. The largest absolute Gasteiger partial charge is 0.354 e. The van der Waals surface area contributed by atoms with E-state index in [4.69, 9.17) is 0 Å². The number of sulfonamides is 1. The molecule has 1 heterocycles. The van der Waals surface area contributed by atoms with E-state index in [1.54, 1.807) is 6.07 Å². The van der Waals surface area contributed by atoms with Crippen LogP contribution in [-0.2, 0) is 19.6 Å². The van der Waals surface area contributed by atoms with Gasteiger partial charge in [-0.1, -0.05) is 12.6 Å². The predicted octanol–water partition coefficient (Wildman–Crippen LogP) is -0.0684. The number of nitrogens with zero attached hydrogens (tertiary/aromatic N) is 1. The summed E-state index contributed by atoms with van der Waals surface area (Å²) in [5.41, 5.74) is 0.349. The molecule has 1 aromatic carbocycles. The van der Waals surface area contributed by atoms with Crippen molar-refractivity contribution in [3.8, 4) is 0 Å². The van der Waals surface area contributed by atoms with Crippen LogP contribution in [0.25, 0.3) is 0 Å². The quantitative estimate of drug-likeness (QED) is 0.761. The fourth-order valence-electron chi connectivity index (χ4n) is 1.90. The third-order valence-electron chi connectivity index (χ3n) is 2.93. The Balaban J connectivity index is 2.27. The lowest BCUT2D eigenvalue weighted by atomic mass is 10.3. The number of hydrogen-bond donors (Lipinski definition) is 2. The van der Waals surface area contributed by atoms with Gasteiger partial charge in [0.1, 0.15) is 0 Å². The van der Waals surface area contributed by atoms with Gasteiger partial charge in [0.25, 0.3) is 0 Å². The smallest absolute Gasteiger partial charge is 0.247 e. The van der Waals surface area contributed by atoms with Crippen LogP contribution in [0.3, 0.4) is 0 Å². The summed E-state index contributed by atoms with van der Waals surface area (Å²) >= 11 is 0. The average molecular weight is 309 g/mol. The van der Waals surface area contributed by atoms with Crippen LogP contribution in [0, 0.1) is 0 Å². The number of nitrogens with one attached hydrogen (secondary N) is 2. The molecule has 2 N–H and O–H groups in total. The van der Waals surface area contributed by atoms with Gasteiger partial charge in [0.15, 0.2) is 0 Å². The number of rotatable bonds is 4. The normalized spacial score (nSPS) is 16.1. The lowest BCUT2D eigenvalue weighted by Crippen LogP contribution is -2.49. The van der Waals surface area contributed by atoms with Crippen molar-refractivity contribution in [1.82, 2.24) is 9.62 Å². The Hall–Kier alpha value is -2.19. The van der Waals surface area contributed by atoms with Crippen molar-refractivity contribution in [3.05, 3.63) is 36.9 Å². The van der Waals surface area contributed by atoms with Gasteiger partial charge < -0.3 is 10.6 Å². The van der Waals surface area contributed by atoms with Crippen molar-refractivity contribution in [2.75, 3.05) is 25.0 Å². The van der Waals surface area contributed by atoms with E-state index in [-0.39, 0.29) is 30.4 Å². The zero-order valence-corrected chi connectivity index (χ0v) is 12.0. The average Bonchev–Trinajstić information content (AvgIpc) is 2.47. The first-order valence-corrected chi connectivity index (χ1v) is 7.68. The summed E-state index contributed by atoms with van der Waals surface area (Å²) in [7, 11) is -3.76. The van der Waals surface area contributed by atoms with Gasteiger partial charge in [0, 0.05) is 18.8 Å². The minimum absolute atomic E-state index is 0.0269. The molecule has 2 rings (SSSR count). The fraction of sp³-hybridized carbons (Fsp3) is 0.231. The summed E-state index contributed by atoms with van der Waals surface area (Å²) in [5, 5.41) is 5.06. The highest BCUT2D eigenvalue weighted by molar-refractivity contribution is 7.89. The molecule has 0 aliphatic carbocycles. The van der Waals surface area contributed by atoms with Crippen LogP contribution < -0.4 is 10.6 Å². The molecule has 2 amide bonds. The second-order valence-electron chi connectivity index (χ2n) is 4.41. The van der Waals surface area contributed by atoms with Crippen molar-refractivity contribution in [2.45, 2.75) is 4.90 Å². The molecule has 7 nitrogen and oxygen atoms in total. The first-order valence-electron chi connectivity index (χ1n) is 6.24. The Morgan fingerprint density at radius 2 is 2.19 bits per heavy atom. The van der Waals surface area contributed by atoms with Crippen LogP contribution >= 0.6 is 0 Å². The highest BCUT2D eigenvalue weighted by Gasteiger charge is 2.29. The van der Waals surface area contributed by atoms with Gasteiger partial charge in [0.05, 0.1) is 11.4 Å². The van der Waals surface area contributed by atoms with Crippen molar-refractivity contribution in [2.24, 2.45) is 0 Å². The van der Waals surface area contributed by atoms with E-state index in [9.17, 15) is 18.0 Å². The Kier molecular flexibility index (Phi) is 4.39. The molecule has 0 aromatic heterocycles. The number of anilines is 1. The van der Waals surface area contributed by atoms with Crippen molar-refractivity contribution >= 4 is 27.5 Å². The molecule has 0 atom stereocenters. The van der Waals surface area contributed by atoms with Gasteiger partial charge in [-0.3, -0.25) is 9.59 Å². The van der Waals surface area contributed by atoms with Crippen LogP contribution in [0.5, 0.6) is 0 Å². The summed E-state index contributed by atoms with van der Waals surface area (Å²) in [5.74, 6) is -0.761. The maximum absolute atomic E-state index is 12.5. The van der Waals surface area contributed by atoms with Gasteiger partial charge in [-0.05, 0) is 24.3 Å². The first-order chi connectivity index (χ1) is 9.93. The number of hydrogen-bond acceptors (Lipinski definition) is 4. The van der Waals surface area contributed by atoms with Crippen LogP contribution in [0.4, 0.5) is 5.69 Å². The lowest BCUT2D eigenvalue weighted by Gasteiger charge is -2.26. The molecular formula is C13H15N3O4S. The van der Waals surface area contributed by atoms with Crippen LogP contribution in [0.1, 0.15) is 0 Å². The van der Waals surface area contributed by atoms with Gasteiger partial charge in [-0.2, -0.15) is 4.31 Å². The van der Waals surface area contributed by atoms with Crippen LogP contribution in [0.2, 0.25) is 0 Å². The zero-order valence-electron chi connectivity index (χ0n) is 11.2. The molecule has 1 fully saturated rings. The van der Waals surface area contributed by atoms with Crippen molar-refractivity contribution in [3.63, 3.8) is 0 Å². The van der Waals surface area contributed by atoms with Gasteiger partial charge in [-0.15, -0.1) is 0 Å². The molecule has 0 unspecified atom stereocenters. The molecule has 0 spiro atoms. The highest BCUT2D eigenvalue weighted by Crippen LogP contribution is 2.20. The topological polar surface area (TPSA) is 95.6 Å². The van der Waals surface area contributed by atoms with Gasteiger partial charge in [-0.25, -0.2) is 8.42 Å². The Labute approximate surface area is 122 Å². The molecule has 0 bridgehead atoms. The van der Waals surface area contributed by atoms with E-state index in [0.29, 0.717) is 5.69 Å². The molecule has 1 aliphatic rings. The van der Waals surface area contributed by atoms with Crippen molar-refractivity contribution in [1.29, 1.82) is 0 Å². The highest BCUT2D eigenvalue weighted by atomic mass is 32.2. The second kappa shape index (κ2) is 6.06. The zero-order chi connectivity index (χ0) is 15.5. The number of carbonyl (C=O) groups excluding carboxylic acids is 2. The monoisotopic (exact) mass is 309 g/mol. The molecular weight excluding hydrogens is 294 g/mol. The molecule has 112 valence electrons. The predicted molar refractivity (Wildman–Crippen MR) is 77.0 cm³/mol. The third kappa shape index (κ3) is 3.47. The molecule has 1 saturated heterocycles. The van der Waals surface area contributed by atoms with Crippen LogP contribution in [0.15, 0.2) is 41.8 Å². The number of amides is 2. The molecule has 21 heavy (non-hydrogen) atoms. The second-order valence-corrected chi connectivity index (χ2v) is 6.35. The van der Waals surface area contributed by atoms with E-state index >= 15 is 0 Å². The molecule has 1 aromatic rings. The summed E-state index contributed by atoms with van der Waals surface area (Å²) in [6.45, 7) is 3.63. The Morgan fingerprint density at radius 3 is 2.86 bits per heavy atom. The van der Waals surface area contributed by atoms with Gasteiger partial charge in [0.2, 0.25) is 21.8 Å². The van der Waals surface area contributed by atoms with E-state index in [1.165, 1.54) is 18.2 Å². The summed E-state index contributed by atoms with van der Waals surface area (Å²) < 4.78 is 26.0. The minimum atomic E-state index is -3.76. The molecule has 0 radical (unpaired) electrons. The van der Waals surface area contributed by atoms with Crippen molar-refractivity contribution < 1.29 is 18.0 Å². The van der Waals surface area contributed by atoms with E-state index in [1.807, 2.05) is 0 Å².